The van der Waals surface area contributed by atoms with Crippen molar-refractivity contribution in [2.24, 2.45) is 0 Å². The fourth-order valence-corrected chi connectivity index (χ4v) is 4.20. The van der Waals surface area contributed by atoms with Gasteiger partial charge in [0.15, 0.2) is 11.6 Å². The SMILES string of the molecule is COc1cccc(S(=O)(=O)Nc2nc3ccccc3nc2Nc2cc(OC)ccc2OC)c1. The lowest BCUT2D eigenvalue weighted by atomic mass is 10.2. The average Bonchev–Trinajstić information content (AvgIpc) is 2.84. The van der Waals surface area contributed by atoms with Crippen molar-refractivity contribution in [3.8, 4) is 17.2 Å². The fraction of sp³-hybridized carbons (Fsp3) is 0.130. The van der Waals surface area contributed by atoms with Crippen LogP contribution in [0.25, 0.3) is 11.0 Å². The van der Waals surface area contributed by atoms with Crippen LogP contribution in [0, 0.1) is 0 Å². The summed E-state index contributed by atoms with van der Waals surface area (Å²) in [5, 5.41) is 3.13. The topological polar surface area (TPSA) is 112 Å². The van der Waals surface area contributed by atoms with Crippen LogP contribution in [0.15, 0.2) is 71.6 Å². The average molecular weight is 467 g/mol. The van der Waals surface area contributed by atoms with E-state index >= 15 is 0 Å². The lowest BCUT2D eigenvalue weighted by Gasteiger charge is -2.16. The third-order valence-corrected chi connectivity index (χ3v) is 6.15. The molecule has 10 heteroatoms. The molecule has 9 nitrogen and oxygen atoms in total. The molecule has 0 amide bonds. The van der Waals surface area contributed by atoms with Gasteiger partial charge in [-0.3, -0.25) is 4.72 Å². The van der Waals surface area contributed by atoms with Crippen LogP contribution >= 0.6 is 0 Å². The van der Waals surface area contributed by atoms with Crippen LogP contribution in [0.2, 0.25) is 0 Å². The minimum absolute atomic E-state index is 0.0291. The maximum absolute atomic E-state index is 13.1. The molecule has 0 aliphatic heterocycles. The van der Waals surface area contributed by atoms with Crippen molar-refractivity contribution in [3.63, 3.8) is 0 Å². The molecule has 0 aliphatic rings. The second-order valence-corrected chi connectivity index (χ2v) is 8.57. The van der Waals surface area contributed by atoms with Crippen molar-refractivity contribution in [1.82, 2.24) is 9.97 Å². The third-order valence-electron chi connectivity index (χ3n) is 4.81. The number of rotatable bonds is 8. The molecule has 1 heterocycles. The van der Waals surface area contributed by atoms with E-state index in [1.165, 1.54) is 26.4 Å². The molecule has 2 N–H and O–H groups in total. The van der Waals surface area contributed by atoms with Crippen molar-refractivity contribution in [2.45, 2.75) is 4.90 Å². The molecule has 4 rings (SSSR count). The van der Waals surface area contributed by atoms with Crippen LogP contribution < -0.4 is 24.2 Å². The largest absolute Gasteiger partial charge is 0.497 e. The number of hydrogen-bond donors (Lipinski definition) is 2. The van der Waals surface area contributed by atoms with Crippen LogP contribution in [0.1, 0.15) is 0 Å². The Labute approximate surface area is 191 Å². The molecule has 0 fully saturated rings. The number of hydrogen-bond acceptors (Lipinski definition) is 8. The molecular weight excluding hydrogens is 444 g/mol. The standard InChI is InChI=1S/C23H22N4O5S/c1-30-15-7-6-8-17(13-15)33(28,29)27-23-22(24-18-9-4-5-10-19(18)25-23)26-20-14-16(31-2)11-12-21(20)32-3/h4-14H,1-3H3,(H,24,26)(H,25,27). The second-order valence-electron chi connectivity index (χ2n) is 6.89. The summed E-state index contributed by atoms with van der Waals surface area (Å²) in [6.07, 6.45) is 0. The van der Waals surface area contributed by atoms with Gasteiger partial charge in [-0.05, 0) is 36.4 Å². The highest BCUT2D eigenvalue weighted by Crippen LogP contribution is 2.34. The van der Waals surface area contributed by atoms with Gasteiger partial charge in [-0.25, -0.2) is 18.4 Å². The molecule has 4 aromatic rings. The van der Waals surface area contributed by atoms with E-state index in [1.54, 1.807) is 55.6 Å². The zero-order valence-electron chi connectivity index (χ0n) is 18.2. The van der Waals surface area contributed by atoms with Gasteiger partial charge in [0.05, 0.1) is 42.9 Å². The number of nitrogens with one attached hydrogen (secondary N) is 2. The Morgan fingerprint density at radius 1 is 0.727 bits per heavy atom. The molecule has 0 saturated carbocycles. The van der Waals surface area contributed by atoms with Crippen LogP contribution in [0.3, 0.4) is 0 Å². The summed E-state index contributed by atoms with van der Waals surface area (Å²) < 4.78 is 44.7. The number of fused-ring (bicyclic) bond motifs is 1. The van der Waals surface area contributed by atoms with Gasteiger partial charge in [-0.15, -0.1) is 0 Å². The van der Waals surface area contributed by atoms with Crippen molar-refractivity contribution in [2.75, 3.05) is 31.4 Å². The highest BCUT2D eigenvalue weighted by Gasteiger charge is 2.20. The summed E-state index contributed by atoms with van der Waals surface area (Å²) in [7, 11) is 0.567. The first-order valence-corrected chi connectivity index (χ1v) is 11.3. The van der Waals surface area contributed by atoms with Gasteiger partial charge in [0, 0.05) is 12.1 Å². The first-order chi connectivity index (χ1) is 15.9. The number of anilines is 3. The highest BCUT2D eigenvalue weighted by atomic mass is 32.2. The molecule has 0 aliphatic carbocycles. The predicted octanol–water partition coefficient (Wildman–Crippen LogP) is 4.20. The van der Waals surface area contributed by atoms with E-state index in [9.17, 15) is 8.42 Å². The van der Waals surface area contributed by atoms with Crippen molar-refractivity contribution in [3.05, 3.63) is 66.7 Å². The number of ether oxygens (including phenoxy) is 3. The van der Waals surface area contributed by atoms with E-state index in [1.807, 2.05) is 6.07 Å². The van der Waals surface area contributed by atoms with E-state index in [-0.39, 0.29) is 16.5 Å². The minimum atomic E-state index is -3.99. The molecule has 0 saturated heterocycles. The Hall–Kier alpha value is -4.05. The first-order valence-electron chi connectivity index (χ1n) is 9.86. The molecular formula is C23H22N4O5S. The first kappa shape index (κ1) is 22.2. The molecule has 170 valence electrons. The normalized spacial score (nSPS) is 11.1. The number of methoxy groups -OCH3 is 3. The Morgan fingerprint density at radius 2 is 1.39 bits per heavy atom. The van der Waals surface area contributed by atoms with Gasteiger partial charge in [0.2, 0.25) is 0 Å². The summed E-state index contributed by atoms with van der Waals surface area (Å²) in [6.45, 7) is 0. The van der Waals surface area contributed by atoms with Gasteiger partial charge in [0.1, 0.15) is 17.2 Å². The fourth-order valence-electron chi connectivity index (χ4n) is 3.15. The summed E-state index contributed by atoms with van der Waals surface area (Å²) in [6, 6.07) is 18.5. The maximum Gasteiger partial charge on any atom is 0.263 e. The van der Waals surface area contributed by atoms with Gasteiger partial charge >= 0.3 is 0 Å². The third kappa shape index (κ3) is 4.75. The summed E-state index contributed by atoms with van der Waals surface area (Å²) >= 11 is 0. The van der Waals surface area contributed by atoms with E-state index in [0.29, 0.717) is 34.0 Å². The predicted molar refractivity (Wildman–Crippen MR) is 126 cm³/mol. The molecule has 0 spiro atoms. The van der Waals surface area contributed by atoms with Crippen molar-refractivity contribution >= 4 is 38.4 Å². The van der Waals surface area contributed by atoms with Crippen LogP contribution in [0.5, 0.6) is 17.2 Å². The number of aromatic nitrogens is 2. The molecule has 0 atom stereocenters. The molecule has 33 heavy (non-hydrogen) atoms. The van der Waals surface area contributed by atoms with Crippen molar-refractivity contribution in [1.29, 1.82) is 0 Å². The number of sulfonamides is 1. The van der Waals surface area contributed by atoms with Gasteiger partial charge in [0.25, 0.3) is 10.0 Å². The quantitative estimate of drug-likeness (QED) is 0.397. The molecule has 0 bridgehead atoms. The lowest BCUT2D eigenvalue weighted by molar-refractivity contribution is 0.405. The van der Waals surface area contributed by atoms with Crippen LogP contribution in [-0.2, 0) is 10.0 Å². The Bertz CT molecular complexity index is 1410. The molecule has 0 unspecified atom stereocenters. The van der Waals surface area contributed by atoms with Crippen LogP contribution in [0.4, 0.5) is 17.3 Å². The Balaban J connectivity index is 1.80. The minimum Gasteiger partial charge on any atom is -0.497 e. The van der Waals surface area contributed by atoms with Crippen molar-refractivity contribution < 1.29 is 22.6 Å². The number of benzene rings is 3. The van der Waals surface area contributed by atoms with Gasteiger partial charge < -0.3 is 19.5 Å². The Morgan fingerprint density at radius 3 is 2.06 bits per heavy atom. The summed E-state index contributed by atoms with van der Waals surface area (Å²) in [5.41, 5.74) is 1.65. The number of para-hydroxylation sites is 2. The molecule has 1 aromatic heterocycles. The smallest absolute Gasteiger partial charge is 0.263 e. The van der Waals surface area contributed by atoms with E-state index < -0.39 is 10.0 Å². The lowest BCUT2D eigenvalue weighted by Crippen LogP contribution is -2.16. The molecule has 3 aromatic carbocycles. The van der Waals surface area contributed by atoms with E-state index in [2.05, 4.69) is 20.0 Å². The zero-order valence-corrected chi connectivity index (χ0v) is 19.0. The van der Waals surface area contributed by atoms with Gasteiger partial charge in [-0.1, -0.05) is 18.2 Å². The van der Waals surface area contributed by atoms with E-state index in [0.717, 1.165) is 0 Å². The monoisotopic (exact) mass is 466 g/mol. The summed E-state index contributed by atoms with van der Waals surface area (Å²) in [4.78, 5) is 9.12. The second kappa shape index (κ2) is 9.21. The number of nitrogens with zero attached hydrogens (tertiary/aromatic N) is 2. The Kier molecular flexibility index (Phi) is 6.18. The molecule has 0 radical (unpaired) electrons. The van der Waals surface area contributed by atoms with Crippen LogP contribution in [-0.4, -0.2) is 39.7 Å². The van der Waals surface area contributed by atoms with E-state index in [4.69, 9.17) is 14.2 Å². The highest BCUT2D eigenvalue weighted by molar-refractivity contribution is 7.92. The maximum atomic E-state index is 13.1. The summed E-state index contributed by atoms with van der Waals surface area (Å²) in [5.74, 6) is 1.76. The zero-order chi connectivity index (χ0) is 23.4. The van der Waals surface area contributed by atoms with Gasteiger partial charge in [-0.2, -0.15) is 0 Å².